The Morgan fingerprint density at radius 2 is 1.75 bits per heavy atom. The number of methoxy groups -OCH3 is 1. The highest BCUT2D eigenvalue weighted by Gasteiger charge is 2.32. The number of nitrogens with one attached hydrogen (secondary N) is 1. The molecule has 0 unspecified atom stereocenters. The van der Waals surface area contributed by atoms with Crippen molar-refractivity contribution in [2.24, 2.45) is 5.92 Å². The molecule has 8 nitrogen and oxygen atoms in total. The molecular weight excluding hydrogens is 502 g/mol. The maximum absolute atomic E-state index is 13.7. The quantitative estimate of drug-likeness (QED) is 0.441. The summed E-state index contributed by atoms with van der Waals surface area (Å²) in [4.78, 5) is 28.3. The van der Waals surface area contributed by atoms with E-state index in [9.17, 15) is 18.0 Å². The van der Waals surface area contributed by atoms with Crippen LogP contribution in [0, 0.1) is 12.8 Å². The summed E-state index contributed by atoms with van der Waals surface area (Å²) in [6, 6.07) is 11.3. The monoisotopic (exact) mass is 537 g/mol. The molecule has 0 aliphatic heterocycles. The molecule has 0 fully saturated rings. The van der Waals surface area contributed by atoms with Crippen LogP contribution in [0.2, 0.25) is 5.02 Å². The van der Waals surface area contributed by atoms with E-state index in [1.807, 2.05) is 32.9 Å². The molecule has 0 aromatic heterocycles. The average molecular weight is 538 g/mol. The Bertz CT molecular complexity index is 1150. The third-order valence-electron chi connectivity index (χ3n) is 5.70. The smallest absolute Gasteiger partial charge is 0.244 e. The van der Waals surface area contributed by atoms with Crippen molar-refractivity contribution >= 4 is 39.1 Å². The number of hydrogen-bond donors (Lipinski definition) is 1. The van der Waals surface area contributed by atoms with E-state index in [1.54, 1.807) is 38.3 Å². The SMILES string of the molecule is CC[C@H](C(=O)NCC(C)C)N(Cc1ccc(OC)cc1)C(=O)CN(c1cc(Cl)ccc1C)S(C)(=O)=O. The number of aryl methyl sites for hydroxylation is 1. The number of benzene rings is 2. The van der Waals surface area contributed by atoms with Crippen LogP contribution in [0.25, 0.3) is 0 Å². The first-order valence-corrected chi connectivity index (χ1v) is 14.0. The molecule has 10 heteroatoms. The molecule has 0 saturated carbocycles. The first-order chi connectivity index (χ1) is 16.9. The number of halogens is 1. The molecule has 0 heterocycles. The second-order valence-corrected chi connectivity index (χ2v) is 11.5. The van der Waals surface area contributed by atoms with Crippen molar-refractivity contribution < 1.29 is 22.7 Å². The zero-order valence-electron chi connectivity index (χ0n) is 21.7. The van der Waals surface area contributed by atoms with Crippen molar-refractivity contribution in [1.29, 1.82) is 0 Å². The summed E-state index contributed by atoms with van der Waals surface area (Å²) >= 11 is 6.14. The number of anilines is 1. The second-order valence-electron chi connectivity index (χ2n) is 9.13. The summed E-state index contributed by atoms with van der Waals surface area (Å²) < 4.78 is 31.8. The third-order valence-corrected chi connectivity index (χ3v) is 7.06. The normalized spacial score (nSPS) is 12.2. The predicted molar refractivity (Wildman–Crippen MR) is 144 cm³/mol. The molecule has 0 aliphatic carbocycles. The zero-order valence-corrected chi connectivity index (χ0v) is 23.3. The van der Waals surface area contributed by atoms with Gasteiger partial charge in [-0.15, -0.1) is 0 Å². The molecule has 36 heavy (non-hydrogen) atoms. The number of nitrogens with zero attached hydrogens (tertiary/aromatic N) is 2. The van der Waals surface area contributed by atoms with E-state index in [4.69, 9.17) is 16.3 Å². The fourth-order valence-electron chi connectivity index (χ4n) is 3.72. The molecule has 0 radical (unpaired) electrons. The maximum Gasteiger partial charge on any atom is 0.244 e. The van der Waals surface area contributed by atoms with Gasteiger partial charge >= 0.3 is 0 Å². The van der Waals surface area contributed by atoms with Crippen LogP contribution in [0.3, 0.4) is 0 Å². The molecule has 0 bridgehead atoms. The van der Waals surface area contributed by atoms with Crippen molar-refractivity contribution in [2.75, 3.05) is 30.8 Å². The lowest BCUT2D eigenvalue weighted by Crippen LogP contribution is -2.52. The van der Waals surface area contributed by atoms with Crippen LogP contribution in [-0.2, 0) is 26.2 Å². The Morgan fingerprint density at radius 3 is 2.28 bits per heavy atom. The number of sulfonamides is 1. The Kier molecular flexibility index (Phi) is 10.6. The number of carbonyl (C=O) groups excluding carboxylic acids is 2. The van der Waals surface area contributed by atoms with Gasteiger partial charge in [0.2, 0.25) is 21.8 Å². The van der Waals surface area contributed by atoms with Gasteiger partial charge in [-0.2, -0.15) is 0 Å². The van der Waals surface area contributed by atoms with Crippen molar-refractivity contribution in [3.63, 3.8) is 0 Å². The number of rotatable bonds is 12. The van der Waals surface area contributed by atoms with E-state index in [0.717, 1.165) is 16.1 Å². The van der Waals surface area contributed by atoms with Crippen molar-refractivity contribution in [1.82, 2.24) is 10.2 Å². The fraction of sp³-hybridized carbons (Fsp3) is 0.462. The van der Waals surface area contributed by atoms with Crippen LogP contribution in [0.1, 0.15) is 38.3 Å². The van der Waals surface area contributed by atoms with Crippen molar-refractivity contribution in [3.05, 3.63) is 58.6 Å². The summed E-state index contributed by atoms with van der Waals surface area (Å²) in [5.74, 6) is 0.127. The van der Waals surface area contributed by atoms with Crippen LogP contribution in [0.15, 0.2) is 42.5 Å². The molecule has 0 saturated heterocycles. The molecule has 1 atom stereocenters. The lowest BCUT2D eigenvalue weighted by atomic mass is 10.1. The van der Waals surface area contributed by atoms with E-state index in [1.165, 1.54) is 11.0 Å². The molecule has 198 valence electrons. The van der Waals surface area contributed by atoms with Gasteiger partial charge in [0.25, 0.3) is 0 Å². The van der Waals surface area contributed by atoms with Crippen LogP contribution in [0.4, 0.5) is 5.69 Å². The van der Waals surface area contributed by atoms with E-state index < -0.39 is 28.5 Å². The summed E-state index contributed by atoms with van der Waals surface area (Å²) in [7, 11) is -2.27. The topological polar surface area (TPSA) is 96.0 Å². The third kappa shape index (κ3) is 8.13. The maximum atomic E-state index is 13.7. The lowest BCUT2D eigenvalue weighted by molar-refractivity contribution is -0.140. The second kappa shape index (κ2) is 13.0. The van der Waals surface area contributed by atoms with E-state index >= 15 is 0 Å². The largest absolute Gasteiger partial charge is 0.497 e. The summed E-state index contributed by atoms with van der Waals surface area (Å²) in [5, 5.41) is 3.26. The Labute approximate surface area is 219 Å². The number of ether oxygens (including phenoxy) is 1. The Morgan fingerprint density at radius 1 is 1.11 bits per heavy atom. The molecule has 1 N–H and O–H groups in total. The fourth-order valence-corrected chi connectivity index (χ4v) is 4.78. The van der Waals surface area contributed by atoms with Gasteiger partial charge in [-0.25, -0.2) is 8.42 Å². The molecule has 2 rings (SSSR count). The van der Waals surface area contributed by atoms with E-state index in [-0.39, 0.29) is 18.4 Å². The first kappa shape index (κ1) is 29.5. The first-order valence-electron chi connectivity index (χ1n) is 11.8. The molecule has 2 amide bonds. The van der Waals surface area contributed by atoms with Crippen LogP contribution in [-0.4, -0.2) is 57.6 Å². The Balaban J connectivity index is 2.46. The van der Waals surface area contributed by atoms with Gasteiger partial charge in [0.15, 0.2) is 0 Å². The number of hydrogen-bond acceptors (Lipinski definition) is 5. The van der Waals surface area contributed by atoms with Crippen LogP contribution in [0.5, 0.6) is 5.75 Å². The molecule has 0 aliphatic rings. The van der Waals surface area contributed by atoms with Crippen molar-refractivity contribution in [2.45, 2.75) is 46.7 Å². The van der Waals surface area contributed by atoms with Gasteiger partial charge in [0.1, 0.15) is 18.3 Å². The number of amides is 2. The van der Waals surface area contributed by atoms with Gasteiger partial charge in [-0.1, -0.05) is 50.6 Å². The standard InChI is InChI=1S/C26H36ClN3O5S/c1-7-23(26(32)28-15-18(2)3)29(16-20-9-12-22(35-5)13-10-20)25(31)17-30(36(6,33)34)24-14-21(27)11-8-19(24)4/h8-14,18,23H,7,15-17H2,1-6H3,(H,28,32)/t23-/m1/s1. The summed E-state index contributed by atoms with van der Waals surface area (Å²) in [6.07, 6.45) is 1.40. The van der Waals surface area contributed by atoms with Gasteiger partial charge < -0.3 is 15.0 Å². The van der Waals surface area contributed by atoms with E-state index in [0.29, 0.717) is 35.0 Å². The zero-order chi connectivity index (χ0) is 27.0. The van der Waals surface area contributed by atoms with Gasteiger partial charge in [-0.05, 0) is 54.7 Å². The lowest BCUT2D eigenvalue weighted by Gasteiger charge is -2.33. The minimum atomic E-state index is -3.83. The average Bonchev–Trinajstić information content (AvgIpc) is 2.82. The summed E-state index contributed by atoms with van der Waals surface area (Å²) in [5.41, 5.74) is 1.75. The molecule has 2 aromatic rings. The molecular formula is C26H36ClN3O5S. The minimum absolute atomic E-state index is 0.128. The van der Waals surface area contributed by atoms with Crippen LogP contribution >= 0.6 is 11.6 Å². The summed E-state index contributed by atoms with van der Waals surface area (Å²) in [6.45, 7) is 7.67. The number of carbonyl (C=O) groups is 2. The van der Waals surface area contributed by atoms with Gasteiger partial charge in [-0.3, -0.25) is 13.9 Å². The van der Waals surface area contributed by atoms with E-state index in [2.05, 4.69) is 5.32 Å². The highest BCUT2D eigenvalue weighted by Crippen LogP contribution is 2.27. The minimum Gasteiger partial charge on any atom is -0.497 e. The predicted octanol–water partition coefficient (Wildman–Crippen LogP) is 4.00. The highest BCUT2D eigenvalue weighted by atomic mass is 35.5. The van der Waals surface area contributed by atoms with Crippen LogP contribution < -0.4 is 14.4 Å². The Hall–Kier alpha value is -2.78. The molecule has 0 spiro atoms. The van der Waals surface area contributed by atoms with Gasteiger partial charge in [0.05, 0.1) is 19.1 Å². The molecule has 2 aromatic carbocycles. The van der Waals surface area contributed by atoms with Crippen molar-refractivity contribution in [3.8, 4) is 5.75 Å². The highest BCUT2D eigenvalue weighted by molar-refractivity contribution is 7.92. The van der Waals surface area contributed by atoms with Gasteiger partial charge in [0, 0.05) is 18.1 Å².